The number of rotatable bonds is 6. The SMILES string of the molecule is CN1CCCN(c2ccncc2NC(=O)C(C(N)N=O)C2NCC(Cl)CN2)CC1. The van der Waals surface area contributed by atoms with Crippen LogP contribution in [0, 0.1) is 10.8 Å². The van der Waals surface area contributed by atoms with Crippen molar-refractivity contribution in [3.05, 3.63) is 23.4 Å². The van der Waals surface area contributed by atoms with Crippen molar-refractivity contribution in [1.29, 1.82) is 0 Å². The molecule has 2 fully saturated rings. The van der Waals surface area contributed by atoms with Crippen molar-refractivity contribution in [2.24, 2.45) is 16.8 Å². The Morgan fingerprint density at radius 3 is 2.83 bits per heavy atom. The van der Waals surface area contributed by atoms with E-state index < -0.39 is 24.2 Å². The van der Waals surface area contributed by atoms with Gasteiger partial charge in [0.2, 0.25) is 5.91 Å². The number of nitrogens with one attached hydrogen (secondary N) is 3. The third kappa shape index (κ3) is 5.61. The lowest BCUT2D eigenvalue weighted by atomic mass is 9.99. The van der Waals surface area contributed by atoms with Crippen molar-refractivity contribution in [3.8, 4) is 0 Å². The summed E-state index contributed by atoms with van der Waals surface area (Å²) in [6.07, 6.45) is 2.67. The van der Waals surface area contributed by atoms with Crippen LogP contribution in [-0.2, 0) is 4.79 Å². The summed E-state index contributed by atoms with van der Waals surface area (Å²) in [5.41, 5.74) is 7.37. The maximum Gasteiger partial charge on any atom is 0.234 e. The van der Waals surface area contributed by atoms with Crippen LogP contribution >= 0.6 is 11.6 Å². The van der Waals surface area contributed by atoms with Gasteiger partial charge in [0.05, 0.1) is 29.1 Å². The highest BCUT2D eigenvalue weighted by molar-refractivity contribution is 6.21. The monoisotopic (exact) mass is 424 g/mol. The lowest BCUT2D eigenvalue weighted by Gasteiger charge is -2.34. The number of pyridine rings is 1. The Morgan fingerprint density at radius 2 is 2.10 bits per heavy atom. The number of amides is 1. The molecule has 0 saturated carbocycles. The van der Waals surface area contributed by atoms with E-state index >= 15 is 0 Å². The Kier molecular flexibility index (Phi) is 7.73. The summed E-state index contributed by atoms with van der Waals surface area (Å²) < 4.78 is 0. The fraction of sp³-hybridized carbons (Fsp3) is 0.667. The largest absolute Gasteiger partial charge is 0.368 e. The number of anilines is 2. The summed E-state index contributed by atoms with van der Waals surface area (Å²) in [4.78, 5) is 32.9. The fourth-order valence-corrected chi connectivity index (χ4v) is 3.92. The van der Waals surface area contributed by atoms with E-state index in [9.17, 15) is 9.70 Å². The zero-order valence-electron chi connectivity index (χ0n) is 16.6. The molecule has 2 aliphatic rings. The van der Waals surface area contributed by atoms with Gasteiger partial charge in [-0.15, -0.1) is 16.5 Å². The van der Waals surface area contributed by atoms with E-state index in [-0.39, 0.29) is 5.38 Å². The lowest BCUT2D eigenvalue weighted by molar-refractivity contribution is -0.121. The summed E-state index contributed by atoms with van der Waals surface area (Å²) in [6, 6.07) is 1.89. The van der Waals surface area contributed by atoms with Gasteiger partial charge in [-0.2, -0.15) is 0 Å². The molecule has 1 aromatic heterocycles. The average molecular weight is 425 g/mol. The van der Waals surface area contributed by atoms with E-state index in [0.717, 1.165) is 38.3 Å². The average Bonchev–Trinajstić information content (AvgIpc) is 2.94. The van der Waals surface area contributed by atoms with Gasteiger partial charge in [-0.05, 0) is 26.1 Å². The van der Waals surface area contributed by atoms with Gasteiger partial charge < -0.3 is 20.9 Å². The molecule has 0 radical (unpaired) electrons. The number of aromatic nitrogens is 1. The van der Waals surface area contributed by atoms with E-state index in [2.05, 4.69) is 43.0 Å². The van der Waals surface area contributed by atoms with Gasteiger partial charge in [-0.1, -0.05) is 5.18 Å². The maximum atomic E-state index is 13.1. The van der Waals surface area contributed by atoms with Gasteiger partial charge in [-0.25, -0.2) is 0 Å². The Morgan fingerprint density at radius 1 is 1.34 bits per heavy atom. The number of hydrogen-bond donors (Lipinski definition) is 4. The van der Waals surface area contributed by atoms with E-state index in [1.165, 1.54) is 0 Å². The number of nitroso groups, excluding NO2 is 1. The van der Waals surface area contributed by atoms with Crippen molar-refractivity contribution in [2.45, 2.75) is 24.1 Å². The number of carbonyl (C=O) groups excluding carboxylic acids is 1. The molecule has 0 spiro atoms. The van der Waals surface area contributed by atoms with Gasteiger partial charge in [0.1, 0.15) is 5.92 Å². The number of nitrogens with zero attached hydrogens (tertiary/aromatic N) is 4. The normalized spacial score (nSPS) is 25.7. The minimum Gasteiger partial charge on any atom is -0.368 e. The molecule has 0 aromatic carbocycles. The van der Waals surface area contributed by atoms with Gasteiger partial charge >= 0.3 is 0 Å². The van der Waals surface area contributed by atoms with Crippen LogP contribution < -0.4 is 26.6 Å². The van der Waals surface area contributed by atoms with Crippen molar-refractivity contribution in [2.75, 3.05) is 56.5 Å². The van der Waals surface area contributed by atoms with Crippen LogP contribution in [0.4, 0.5) is 11.4 Å². The highest BCUT2D eigenvalue weighted by atomic mass is 35.5. The molecular weight excluding hydrogens is 396 g/mol. The van der Waals surface area contributed by atoms with Crippen LogP contribution in [0.3, 0.4) is 0 Å². The number of likely N-dealkylation sites (N-methyl/N-ethyl adjacent to an activating group) is 1. The molecule has 1 amide bonds. The molecule has 10 nitrogen and oxygen atoms in total. The second-order valence-electron chi connectivity index (χ2n) is 7.54. The molecule has 29 heavy (non-hydrogen) atoms. The number of carbonyl (C=O) groups is 1. The Bertz CT molecular complexity index is 700. The fourth-order valence-electron chi connectivity index (χ4n) is 3.74. The Hall–Kier alpha value is -1.85. The molecule has 2 saturated heterocycles. The molecule has 3 rings (SSSR count). The highest BCUT2D eigenvalue weighted by Crippen LogP contribution is 2.27. The molecule has 2 atom stereocenters. The van der Waals surface area contributed by atoms with Gasteiger partial charge in [0.15, 0.2) is 6.17 Å². The van der Waals surface area contributed by atoms with Crippen molar-refractivity contribution in [3.63, 3.8) is 0 Å². The number of nitrogens with two attached hydrogens (primary N) is 1. The molecule has 3 heterocycles. The first-order valence-electron chi connectivity index (χ1n) is 9.87. The number of alkyl halides is 1. The van der Waals surface area contributed by atoms with E-state index in [1.54, 1.807) is 12.4 Å². The van der Waals surface area contributed by atoms with Gasteiger partial charge in [-0.3, -0.25) is 20.4 Å². The smallest absolute Gasteiger partial charge is 0.234 e. The first kappa shape index (κ1) is 21.8. The molecule has 160 valence electrons. The highest BCUT2D eigenvalue weighted by Gasteiger charge is 2.37. The third-order valence-corrected chi connectivity index (χ3v) is 5.69. The van der Waals surface area contributed by atoms with Crippen molar-refractivity contribution >= 4 is 28.9 Å². The van der Waals surface area contributed by atoms with E-state index in [1.807, 2.05) is 6.07 Å². The minimum absolute atomic E-state index is 0.0959. The zero-order chi connectivity index (χ0) is 20.8. The molecular formula is C18H29ClN8O2. The standard InChI is InChI=1S/C18H29ClN8O2/c1-26-5-2-6-27(8-7-26)14-3-4-21-11-13(14)24-18(28)15(16(20)25-29)17-22-9-12(19)10-23-17/h3-4,11-12,15-17,22-23H,2,5-10,20H2,1H3,(H,24,28). The molecule has 11 heteroatoms. The molecule has 5 N–H and O–H groups in total. The second-order valence-corrected chi connectivity index (χ2v) is 8.16. The minimum atomic E-state index is -1.20. The van der Waals surface area contributed by atoms with E-state index in [4.69, 9.17) is 17.3 Å². The molecule has 2 aliphatic heterocycles. The third-order valence-electron chi connectivity index (χ3n) is 5.39. The van der Waals surface area contributed by atoms with Gasteiger partial charge in [0.25, 0.3) is 0 Å². The van der Waals surface area contributed by atoms with Gasteiger partial charge in [0, 0.05) is 38.9 Å². The first-order chi connectivity index (χ1) is 14.0. The van der Waals surface area contributed by atoms with Crippen LogP contribution in [-0.4, -0.2) is 79.8 Å². The Balaban J connectivity index is 1.76. The van der Waals surface area contributed by atoms with Crippen LogP contribution in [0.2, 0.25) is 0 Å². The molecule has 0 aliphatic carbocycles. The van der Waals surface area contributed by atoms with Crippen molar-refractivity contribution < 1.29 is 4.79 Å². The lowest BCUT2D eigenvalue weighted by Crippen LogP contribution is -2.62. The summed E-state index contributed by atoms with van der Waals surface area (Å²) in [6.45, 7) is 4.73. The van der Waals surface area contributed by atoms with Crippen molar-refractivity contribution in [1.82, 2.24) is 20.5 Å². The summed E-state index contributed by atoms with van der Waals surface area (Å²) in [5, 5.41) is 12.0. The van der Waals surface area contributed by atoms with Crippen LogP contribution in [0.1, 0.15) is 6.42 Å². The molecule has 2 unspecified atom stereocenters. The topological polar surface area (TPSA) is 128 Å². The predicted molar refractivity (Wildman–Crippen MR) is 114 cm³/mol. The van der Waals surface area contributed by atoms with Crippen LogP contribution in [0.15, 0.2) is 23.6 Å². The first-order valence-corrected chi connectivity index (χ1v) is 10.3. The zero-order valence-corrected chi connectivity index (χ0v) is 17.3. The summed E-state index contributed by atoms with van der Waals surface area (Å²) >= 11 is 6.08. The summed E-state index contributed by atoms with van der Waals surface area (Å²) in [7, 11) is 2.10. The Labute approximate surface area is 175 Å². The summed E-state index contributed by atoms with van der Waals surface area (Å²) in [5.74, 6) is -1.28. The van der Waals surface area contributed by atoms with E-state index in [0.29, 0.717) is 18.8 Å². The number of hydrogen-bond acceptors (Lipinski definition) is 9. The molecule has 0 bridgehead atoms. The van der Waals surface area contributed by atoms with Crippen LogP contribution in [0.25, 0.3) is 0 Å². The van der Waals surface area contributed by atoms with Crippen LogP contribution in [0.5, 0.6) is 0 Å². The molecule has 1 aromatic rings. The second kappa shape index (κ2) is 10.3. The maximum absolute atomic E-state index is 13.1. The quantitative estimate of drug-likeness (QED) is 0.370. The predicted octanol–water partition coefficient (Wildman–Crippen LogP) is -0.0443. The number of halogens is 1.